The predicted molar refractivity (Wildman–Crippen MR) is 91.5 cm³/mol. The van der Waals surface area contributed by atoms with Crippen molar-refractivity contribution in [1.29, 1.82) is 0 Å². The van der Waals surface area contributed by atoms with Gasteiger partial charge in [-0.15, -0.1) is 0 Å². The molecule has 2 radical (unpaired) electrons. The van der Waals surface area contributed by atoms with Crippen molar-refractivity contribution in [2.45, 2.75) is 64.0 Å². The number of aromatic nitrogens is 1. The van der Waals surface area contributed by atoms with E-state index < -0.39 is 5.91 Å². The van der Waals surface area contributed by atoms with Crippen LogP contribution in [-0.2, 0) is 13.0 Å². The molecule has 1 aliphatic heterocycles. The van der Waals surface area contributed by atoms with Crippen LogP contribution in [0, 0.1) is 5.41 Å². The van der Waals surface area contributed by atoms with Crippen LogP contribution in [0.4, 0.5) is 0 Å². The van der Waals surface area contributed by atoms with Crippen LogP contribution in [-0.4, -0.2) is 41.4 Å². The lowest BCUT2D eigenvalue weighted by Crippen LogP contribution is -2.53. The van der Waals surface area contributed by atoms with Gasteiger partial charge < -0.3 is 0 Å². The molecule has 6 heteroatoms. The van der Waals surface area contributed by atoms with E-state index in [4.69, 9.17) is 13.1 Å². The van der Waals surface area contributed by atoms with Crippen LogP contribution in [0.5, 0.6) is 0 Å². The molecule has 5 nitrogen and oxygen atoms in total. The Hall–Kier alpha value is -1.40. The van der Waals surface area contributed by atoms with Gasteiger partial charge in [0, 0.05) is 25.3 Å². The highest BCUT2D eigenvalue weighted by atomic mass is 16.5. The van der Waals surface area contributed by atoms with E-state index in [1.54, 1.807) is 5.48 Å². The number of hydrogen-bond donors (Lipinski definition) is 2. The Labute approximate surface area is 144 Å². The van der Waals surface area contributed by atoms with Crippen LogP contribution in [0.25, 0.3) is 0 Å². The summed E-state index contributed by atoms with van der Waals surface area (Å²) in [5.41, 5.74) is 4.95. The zero-order valence-electron chi connectivity index (χ0n) is 14.1. The molecule has 0 unspecified atom stereocenters. The Bertz CT molecular complexity index is 650. The third-order valence-electron chi connectivity index (χ3n) is 6.43. The Kier molecular flexibility index (Phi) is 4.13. The van der Waals surface area contributed by atoms with Crippen molar-refractivity contribution < 1.29 is 10.0 Å². The first-order chi connectivity index (χ1) is 11.6. The number of fused-ring (bicyclic) bond motifs is 1. The molecule has 1 aromatic heterocycles. The standard InChI is InChI=1S/C18H24BN3O2/c19-16-13-4-7-22(11-15(13)20-10-14(16)17(23)21-24)12-8-18(9-12)5-2-1-3-6-18/h10,12,24H,1-9,11H2,(H,21,23). The highest BCUT2D eigenvalue weighted by Crippen LogP contribution is 2.53. The van der Waals surface area contributed by atoms with E-state index in [-0.39, 0.29) is 5.56 Å². The molecule has 1 aromatic rings. The van der Waals surface area contributed by atoms with Crippen molar-refractivity contribution >= 4 is 19.2 Å². The van der Waals surface area contributed by atoms with Crippen molar-refractivity contribution in [3.05, 3.63) is 23.0 Å². The lowest BCUT2D eigenvalue weighted by Gasteiger charge is -2.54. The first kappa shape index (κ1) is 16.1. The van der Waals surface area contributed by atoms with Gasteiger partial charge in [0.15, 0.2) is 0 Å². The maximum Gasteiger partial charge on any atom is 0.275 e. The smallest absolute Gasteiger partial charge is 0.275 e. The highest BCUT2D eigenvalue weighted by molar-refractivity contribution is 6.37. The van der Waals surface area contributed by atoms with Gasteiger partial charge in [-0.2, -0.15) is 0 Å². The molecule has 126 valence electrons. The predicted octanol–water partition coefficient (Wildman–Crippen LogP) is 1.47. The maximum atomic E-state index is 11.6. The van der Waals surface area contributed by atoms with Crippen LogP contribution in [0.3, 0.4) is 0 Å². The van der Waals surface area contributed by atoms with Crippen molar-refractivity contribution in [3.8, 4) is 0 Å². The number of hydroxylamine groups is 1. The molecule has 2 heterocycles. The topological polar surface area (TPSA) is 65.5 Å². The SMILES string of the molecule is [B]c1c(C(=O)NO)cnc2c1CCN(C1CC3(CCCCC3)C1)C2. The lowest BCUT2D eigenvalue weighted by atomic mass is 9.58. The van der Waals surface area contributed by atoms with Gasteiger partial charge >= 0.3 is 0 Å². The second-order valence-electron chi connectivity index (χ2n) is 7.79. The maximum absolute atomic E-state index is 11.6. The van der Waals surface area contributed by atoms with Crippen LogP contribution in [0.1, 0.15) is 66.6 Å². The van der Waals surface area contributed by atoms with Gasteiger partial charge in [0.25, 0.3) is 5.91 Å². The molecule has 3 aliphatic rings. The van der Waals surface area contributed by atoms with Crippen molar-refractivity contribution in [2.24, 2.45) is 5.41 Å². The second kappa shape index (κ2) is 6.15. The first-order valence-corrected chi connectivity index (χ1v) is 9.07. The van der Waals surface area contributed by atoms with Crippen LogP contribution in [0.15, 0.2) is 6.20 Å². The minimum Gasteiger partial charge on any atom is -0.294 e. The third kappa shape index (κ3) is 2.66. The van der Waals surface area contributed by atoms with Gasteiger partial charge in [0.05, 0.1) is 11.3 Å². The summed E-state index contributed by atoms with van der Waals surface area (Å²) < 4.78 is 0. The van der Waals surface area contributed by atoms with Gasteiger partial charge in [-0.1, -0.05) is 24.7 Å². The molecule has 2 aliphatic carbocycles. The molecule has 2 saturated carbocycles. The van der Waals surface area contributed by atoms with E-state index in [1.165, 1.54) is 51.1 Å². The average molecular weight is 325 g/mol. The monoisotopic (exact) mass is 325 g/mol. The molecule has 4 rings (SSSR count). The number of hydrogen-bond acceptors (Lipinski definition) is 4. The van der Waals surface area contributed by atoms with E-state index >= 15 is 0 Å². The molecule has 2 N–H and O–H groups in total. The fourth-order valence-electron chi connectivity index (χ4n) is 5.01. The number of nitrogens with one attached hydrogen (secondary N) is 1. The minimum absolute atomic E-state index is 0.259. The number of pyridine rings is 1. The Balaban J connectivity index is 1.45. The van der Waals surface area contributed by atoms with E-state index in [0.717, 1.165) is 30.8 Å². The van der Waals surface area contributed by atoms with E-state index in [0.29, 0.717) is 16.9 Å². The Morgan fingerprint density at radius 1 is 1.33 bits per heavy atom. The summed E-state index contributed by atoms with van der Waals surface area (Å²) in [6, 6.07) is 0.680. The summed E-state index contributed by atoms with van der Waals surface area (Å²) in [4.78, 5) is 18.6. The summed E-state index contributed by atoms with van der Waals surface area (Å²) in [6.45, 7) is 1.80. The van der Waals surface area contributed by atoms with E-state index in [9.17, 15) is 4.79 Å². The van der Waals surface area contributed by atoms with Gasteiger partial charge in [-0.3, -0.25) is 19.9 Å². The zero-order chi connectivity index (χ0) is 16.7. The third-order valence-corrected chi connectivity index (χ3v) is 6.43. The molecule has 0 aromatic carbocycles. The molecule has 0 atom stereocenters. The van der Waals surface area contributed by atoms with Crippen molar-refractivity contribution in [3.63, 3.8) is 0 Å². The fraction of sp³-hybridized carbons (Fsp3) is 0.667. The van der Waals surface area contributed by atoms with Gasteiger partial charge in [0.2, 0.25) is 0 Å². The summed E-state index contributed by atoms with van der Waals surface area (Å²) >= 11 is 0. The van der Waals surface area contributed by atoms with Crippen LogP contribution >= 0.6 is 0 Å². The fourth-order valence-corrected chi connectivity index (χ4v) is 5.01. The molecular formula is C18H24BN3O2. The van der Waals surface area contributed by atoms with Crippen LogP contribution in [0.2, 0.25) is 0 Å². The molecule has 1 amide bonds. The van der Waals surface area contributed by atoms with E-state index in [1.807, 2.05) is 0 Å². The summed E-state index contributed by atoms with van der Waals surface area (Å²) in [5.74, 6) is -0.594. The largest absolute Gasteiger partial charge is 0.294 e. The summed E-state index contributed by atoms with van der Waals surface area (Å²) in [6.07, 6.45) is 12.0. The minimum atomic E-state index is -0.594. The lowest BCUT2D eigenvalue weighted by molar-refractivity contribution is -0.0312. The van der Waals surface area contributed by atoms with Gasteiger partial charge in [-0.25, -0.2) is 5.48 Å². The molecular weight excluding hydrogens is 301 g/mol. The van der Waals surface area contributed by atoms with Gasteiger partial charge in [-0.05, 0) is 43.1 Å². The van der Waals surface area contributed by atoms with Crippen molar-refractivity contribution in [1.82, 2.24) is 15.4 Å². The number of carbonyl (C=O) groups is 1. The normalized spacial score (nSPS) is 23.5. The molecule has 1 spiro atoms. The van der Waals surface area contributed by atoms with Crippen LogP contribution < -0.4 is 10.9 Å². The molecule has 0 bridgehead atoms. The zero-order valence-corrected chi connectivity index (χ0v) is 14.1. The first-order valence-electron chi connectivity index (χ1n) is 9.07. The molecule has 0 saturated heterocycles. The number of rotatable bonds is 2. The average Bonchev–Trinajstić information content (AvgIpc) is 2.59. The second-order valence-corrected chi connectivity index (χ2v) is 7.79. The molecule has 2 fully saturated rings. The Morgan fingerprint density at radius 3 is 2.79 bits per heavy atom. The summed E-state index contributed by atoms with van der Waals surface area (Å²) in [5, 5.41) is 8.80. The van der Waals surface area contributed by atoms with E-state index in [2.05, 4.69) is 9.88 Å². The quantitative estimate of drug-likeness (QED) is 0.491. The molecule has 24 heavy (non-hydrogen) atoms. The Morgan fingerprint density at radius 2 is 2.08 bits per heavy atom. The van der Waals surface area contributed by atoms with Crippen molar-refractivity contribution in [2.75, 3.05) is 6.54 Å². The number of nitrogens with zero attached hydrogens (tertiary/aromatic N) is 2. The number of amides is 1. The number of carbonyl (C=O) groups excluding carboxylic acids is 1. The summed E-state index contributed by atoms with van der Waals surface area (Å²) in [7, 11) is 6.13. The highest BCUT2D eigenvalue weighted by Gasteiger charge is 2.46. The van der Waals surface area contributed by atoms with Gasteiger partial charge in [0.1, 0.15) is 7.85 Å².